The SMILES string of the molecule is CCCCNC(=O)NC(CC(=O)O)C(=O)O. The number of hydrogen-bond acceptors (Lipinski definition) is 3. The lowest BCUT2D eigenvalue weighted by Gasteiger charge is -2.12. The molecular formula is C9H16N2O5. The van der Waals surface area contributed by atoms with Gasteiger partial charge in [0.05, 0.1) is 6.42 Å². The highest BCUT2D eigenvalue weighted by Gasteiger charge is 2.22. The van der Waals surface area contributed by atoms with E-state index in [2.05, 4.69) is 10.6 Å². The Morgan fingerprint density at radius 3 is 2.31 bits per heavy atom. The van der Waals surface area contributed by atoms with Crippen molar-refractivity contribution in [1.82, 2.24) is 10.6 Å². The third-order valence-corrected chi connectivity index (χ3v) is 1.80. The molecule has 0 saturated carbocycles. The highest BCUT2D eigenvalue weighted by atomic mass is 16.4. The number of carboxylic acids is 2. The van der Waals surface area contributed by atoms with Gasteiger partial charge in [0.1, 0.15) is 6.04 Å². The van der Waals surface area contributed by atoms with Crippen LogP contribution in [0.15, 0.2) is 0 Å². The number of carboxylic acid groups (broad SMARTS) is 2. The van der Waals surface area contributed by atoms with Crippen LogP contribution in [0.2, 0.25) is 0 Å². The van der Waals surface area contributed by atoms with Crippen LogP contribution in [-0.4, -0.2) is 40.8 Å². The third kappa shape index (κ3) is 6.63. The fraction of sp³-hybridized carbons (Fsp3) is 0.667. The topological polar surface area (TPSA) is 116 Å². The minimum Gasteiger partial charge on any atom is -0.481 e. The molecule has 0 fully saturated rings. The maximum Gasteiger partial charge on any atom is 0.326 e. The van der Waals surface area contributed by atoms with Gasteiger partial charge < -0.3 is 20.8 Å². The lowest BCUT2D eigenvalue weighted by atomic mass is 10.2. The fourth-order valence-corrected chi connectivity index (χ4v) is 0.963. The third-order valence-electron chi connectivity index (χ3n) is 1.80. The average Bonchev–Trinajstić information content (AvgIpc) is 2.16. The first-order valence-electron chi connectivity index (χ1n) is 4.96. The largest absolute Gasteiger partial charge is 0.481 e. The summed E-state index contributed by atoms with van der Waals surface area (Å²) in [5.74, 6) is -2.64. The normalized spacial score (nSPS) is 11.6. The van der Waals surface area contributed by atoms with E-state index in [1.807, 2.05) is 6.92 Å². The first-order valence-corrected chi connectivity index (χ1v) is 4.96. The Morgan fingerprint density at radius 1 is 1.25 bits per heavy atom. The van der Waals surface area contributed by atoms with Gasteiger partial charge in [0.2, 0.25) is 0 Å². The number of amides is 2. The smallest absolute Gasteiger partial charge is 0.326 e. The number of carbonyl (C=O) groups excluding carboxylic acids is 1. The zero-order valence-electron chi connectivity index (χ0n) is 9.02. The molecule has 4 N–H and O–H groups in total. The number of aliphatic carboxylic acids is 2. The summed E-state index contributed by atoms with van der Waals surface area (Å²) >= 11 is 0. The molecule has 0 saturated heterocycles. The maximum absolute atomic E-state index is 11.1. The van der Waals surface area contributed by atoms with Crippen LogP contribution in [0.3, 0.4) is 0 Å². The summed E-state index contributed by atoms with van der Waals surface area (Å²) in [5, 5.41) is 21.6. The molecule has 0 spiro atoms. The molecule has 1 unspecified atom stereocenters. The first kappa shape index (κ1) is 14.2. The summed E-state index contributed by atoms with van der Waals surface area (Å²) in [4.78, 5) is 32.1. The van der Waals surface area contributed by atoms with E-state index in [0.717, 1.165) is 12.8 Å². The number of nitrogens with one attached hydrogen (secondary N) is 2. The Morgan fingerprint density at radius 2 is 1.88 bits per heavy atom. The average molecular weight is 232 g/mol. The van der Waals surface area contributed by atoms with E-state index in [9.17, 15) is 14.4 Å². The molecule has 0 aliphatic heterocycles. The van der Waals surface area contributed by atoms with Gasteiger partial charge in [0.25, 0.3) is 0 Å². The fourth-order valence-electron chi connectivity index (χ4n) is 0.963. The Labute approximate surface area is 92.8 Å². The Hall–Kier alpha value is -1.79. The number of unbranched alkanes of at least 4 members (excludes halogenated alkanes) is 1. The van der Waals surface area contributed by atoms with Gasteiger partial charge in [-0.1, -0.05) is 13.3 Å². The van der Waals surface area contributed by atoms with Crippen molar-refractivity contribution in [2.24, 2.45) is 0 Å². The molecule has 2 amide bonds. The van der Waals surface area contributed by atoms with E-state index in [1.54, 1.807) is 0 Å². The van der Waals surface area contributed by atoms with Crippen molar-refractivity contribution in [3.8, 4) is 0 Å². The van der Waals surface area contributed by atoms with Crippen LogP contribution in [-0.2, 0) is 9.59 Å². The summed E-state index contributed by atoms with van der Waals surface area (Å²) < 4.78 is 0. The minimum atomic E-state index is -1.40. The number of urea groups is 1. The van der Waals surface area contributed by atoms with Gasteiger partial charge in [-0.15, -0.1) is 0 Å². The molecule has 0 rings (SSSR count). The highest BCUT2D eigenvalue weighted by molar-refractivity contribution is 5.86. The molecule has 0 radical (unpaired) electrons. The van der Waals surface area contributed by atoms with Crippen molar-refractivity contribution in [3.05, 3.63) is 0 Å². The minimum absolute atomic E-state index is 0.432. The van der Waals surface area contributed by atoms with Gasteiger partial charge in [-0.25, -0.2) is 9.59 Å². The van der Waals surface area contributed by atoms with E-state index in [-0.39, 0.29) is 0 Å². The molecule has 7 heteroatoms. The van der Waals surface area contributed by atoms with Crippen LogP contribution in [0.25, 0.3) is 0 Å². The maximum atomic E-state index is 11.1. The van der Waals surface area contributed by atoms with Crippen molar-refractivity contribution >= 4 is 18.0 Å². The van der Waals surface area contributed by atoms with Gasteiger partial charge in [0.15, 0.2) is 0 Å². The molecule has 0 heterocycles. The molecule has 0 bridgehead atoms. The number of rotatable bonds is 7. The Kier molecular flexibility index (Phi) is 6.66. The summed E-state index contributed by atoms with van der Waals surface area (Å²) in [6.45, 7) is 2.38. The molecule has 0 aliphatic carbocycles. The molecule has 0 aromatic carbocycles. The van der Waals surface area contributed by atoms with E-state index >= 15 is 0 Å². The van der Waals surface area contributed by atoms with Crippen molar-refractivity contribution in [3.63, 3.8) is 0 Å². The lowest BCUT2D eigenvalue weighted by molar-refractivity contribution is -0.145. The quantitative estimate of drug-likeness (QED) is 0.461. The predicted molar refractivity (Wildman–Crippen MR) is 55.1 cm³/mol. The second-order valence-corrected chi connectivity index (χ2v) is 3.24. The second-order valence-electron chi connectivity index (χ2n) is 3.24. The van der Waals surface area contributed by atoms with Gasteiger partial charge in [-0.05, 0) is 6.42 Å². The molecule has 7 nitrogen and oxygen atoms in total. The zero-order valence-corrected chi connectivity index (χ0v) is 9.02. The summed E-state index contributed by atoms with van der Waals surface area (Å²) in [6, 6.07) is -2.07. The van der Waals surface area contributed by atoms with Crippen LogP contribution in [0.1, 0.15) is 26.2 Å². The summed E-state index contributed by atoms with van der Waals surface area (Å²) in [7, 11) is 0. The van der Waals surface area contributed by atoms with E-state index < -0.39 is 30.4 Å². The lowest BCUT2D eigenvalue weighted by Crippen LogP contribution is -2.47. The van der Waals surface area contributed by atoms with Crippen LogP contribution < -0.4 is 10.6 Å². The predicted octanol–water partition coefficient (Wildman–Crippen LogP) is 0.0136. The van der Waals surface area contributed by atoms with E-state index in [1.165, 1.54) is 0 Å². The van der Waals surface area contributed by atoms with Gasteiger partial charge in [0, 0.05) is 6.54 Å². The van der Waals surface area contributed by atoms with Gasteiger partial charge >= 0.3 is 18.0 Å². The van der Waals surface area contributed by atoms with Gasteiger partial charge in [-0.3, -0.25) is 4.79 Å². The highest BCUT2D eigenvalue weighted by Crippen LogP contribution is 1.92. The number of carbonyl (C=O) groups is 3. The van der Waals surface area contributed by atoms with Crippen molar-refractivity contribution < 1.29 is 24.6 Å². The first-order chi connectivity index (χ1) is 7.47. The summed E-state index contributed by atoms with van der Waals surface area (Å²) in [6.07, 6.45) is 1.04. The molecule has 16 heavy (non-hydrogen) atoms. The van der Waals surface area contributed by atoms with Gasteiger partial charge in [-0.2, -0.15) is 0 Å². The standard InChI is InChI=1S/C9H16N2O5/c1-2-3-4-10-9(16)11-6(8(14)15)5-7(12)13/h6H,2-5H2,1H3,(H,12,13)(H,14,15)(H2,10,11,16). The van der Waals surface area contributed by atoms with Crippen LogP contribution >= 0.6 is 0 Å². The molecule has 0 aliphatic rings. The summed E-state index contributed by atoms with van der Waals surface area (Å²) in [5.41, 5.74) is 0. The van der Waals surface area contributed by atoms with Crippen LogP contribution in [0.5, 0.6) is 0 Å². The second kappa shape index (κ2) is 7.49. The molecule has 92 valence electrons. The number of hydrogen-bond donors (Lipinski definition) is 4. The van der Waals surface area contributed by atoms with Crippen molar-refractivity contribution in [2.75, 3.05) is 6.54 Å². The Balaban J connectivity index is 4.03. The zero-order chi connectivity index (χ0) is 12.6. The van der Waals surface area contributed by atoms with Crippen molar-refractivity contribution in [1.29, 1.82) is 0 Å². The molecule has 0 aromatic heterocycles. The molecule has 1 atom stereocenters. The van der Waals surface area contributed by atoms with Crippen LogP contribution in [0, 0.1) is 0 Å². The molecular weight excluding hydrogens is 216 g/mol. The van der Waals surface area contributed by atoms with Crippen molar-refractivity contribution in [2.45, 2.75) is 32.2 Å². The monoisotopic (exact) mass is 232 g/mol. The van der Waals surface area contributed by atoms with E-state index in [0.29, 0.717) is 6.54 Å². The van der Waals surface area contributed by atoms with E-state index in [4.69, 9.17) is 10.2 Å². The Bertz CT molecular complexity index is 267. The van der Waals surface area contributed by atoms with Crippen LogP contribution in [0.4, 0.5) is 4.79 Å². The molecule has 0 aromatic rings.